The number of aromatic nitrogens is 1. The van der Waals surface area contributed by atoms with Gasteiger partial charge in [-0.05, 0) is 37.6 Å². The number of nitrogens with zero attached hydrogens (tertiary/aromatic N) is 1. The van der Waals surface area contributed by atoms with Gasteiger partial charge in [0, 0.05) is 29.1 Å². The van der Waals surface area contributed by atoms with Gasteiger partial charge in [0.2, 0.25) is 5.91 Å². The maximum atomic E-state index is 11.7. The van der Waals surface area contributed by atoms with Crippen LogP contribution >= 0.6 is 11.6 Å². The van der Waals surface area contributed by atoms with Crippen LogP contribution in [0.1, 0.15) is 19.0 Å². The molecular weight excluding hydrogens is 288 g/mol. The molecule has 1 aromatic heterocycles. The molecule has 0 saturated carbocycles. The van der Waals surface area contributed by atoms with Crippen LogP contribution < -0.4 is 5.32 Å². The van der Waals surface area contributed by atoms with E-state index in [1.807, 2.05) is 31.2 Å². The summed E-state index contributed by atoms with van der Waals surface area (Å²) in [5.41, 5.74) is 1.48. The smallest absolute Gasteiger partial charge is 0.244 e. The monoisotopic (exact) mass is 304 g/mol. The quantitative estimate of drug-likeness (QED) is 0.835. The molecule has 1 unspecified atom stereocenters. The van der Waals surface area contributed by atoms with E-state index in [2.05, 4.69) is 10.3 Å². The van der Waals surface area contributed by atoms with Gasteiger partial charge in [-0.3, -0.25) is 4.79 Å². The molecule has 5 heteroatoms. The summed E-state index contributed by atoms with van der Waals surface area (Å²) < 4.78 is 0. The summed E-state index contributed by atoms with van der Waals surface area (Å²) >= 11 is 5.94. The Labute approximate surface area is 128 Å². The zero-order chi connectivity index (χ0) is 15.2. The second-order valence-electron chi connectivity index (χ2n) is 4.83. The Bertz CT molecular complexity index is 670. The van der Waals surface area contributed by atoms with Gasteiger partial charge < -0.3 is 10.4 Å². The van der Waals surface area contributed by atoms with Gasteiger partial charge in [-0.15, -0.1) is 0 Å². The maximum absolute atomic E-state index is 11.7. The number of rotatable bonds is 5. The molecule has 0 bridgehead atoms. The first-order chi connectivity index (χ1) is 10.1. The minimum Gasteiger partial charge on any atom is -0.396 e. The lowest BCUT2D eigenvalue weighted by atomic mass is 10.2. The third-order valence-electron chi connectivity index (χ3n) is 3.03. The third kappa shape index (κ3) is 4.55. The molecule has 1 aromatic carbocycles. The molecule has 4 nitrogen and oxygen atoms in total. The molecule has 2 aromatic rings. The molecule has 0 saturated heterocycles. The van der Waals surface area contributed by atoms with Crippen LogP contribution in [0.3, 0.4) is 0 Å². The molecule has 0 fully saturated rings. The lowest BCUT2D eigenvalue weighted by Gasteiger charge is -2.09. The highest BCUT2D eigenvalue weighted by molar-refractivity contribution is 6.31. The van der Waals surface area contributed by atoms with Crippen molar-refractivity contribution in [2.45, 2.75) is 19.4 Å². The zero-order valence-electron chi connectivity index (χ0n) is 11.7. The van der Waals surface area contributed by atoms with Gasteiger partial charge in [0.25, 0.3) is 0 Å². The molecule has 0 aliphatic rings. The second kappa shape index (κ2) is 7.20. The van der Waals surface area contributed by atoms with Crippen LogP contribution in [-0.2, 0) is 4.79 Å². The summed E-state index contributed by atoms with van der Waals surface area (Å²) in [4.78, 5) is 16.1. The van der Waals surface area contributed by atoms with E-state index in [0.717, 1.165) is 10.9 Å². The van der Waals surface area contributed by atoms with Gasteiger partial charge in [-0.1, -0.05) is 23.7 Å². The molecule has 0 radical (unpaired) electrons. The number of benzene rings is 1. The van der Waals surface area contributed by atoms with Crippen LogP contribution in [-0.4, -0.2) is 28.6 Å². The van der Waals surface area contributed by atoms with E-state index in [4.69, 9.17) is 16.7 Å². The van der Waals surface area contributed by atoms with E-state index in [1.54, 1.807) is 12.1 Å². The average Bonchev–Trinajstić information content (AvgIpc) is 2.44. The first-order valence-corrected chi connectivity index (χ1v) is 7.12. The van der Waals surface area contributed by atoms with Crippen LogP contribution in [0, 0.1) is 0 Å². The van der Waals surface area contributed by atoms with Crippen molar-refractivity contribution in [1.82, 2.24) is 10.3 Å². The Morgan fingerprint density at radius 3 is 2.95 bits per heavy atom. The molecule has 0 spiro atoms. The number of aliphatic hydroxyl groups is 1. The highest BCUT2D eigenvalue weighted by Crippen LogP contribution is 2.18. The second-order valence-corrected chi connectivity index (χ2v) is 5.26. The third-order valence-corrected chi connectivity index (χ3v) is 3.27. The summed E-state index contributed by atoms with van der Waals surface area (Å²) in [5.74, 6) is -0.205. The number of pyridine rings is 1. The highest BCUT2D eigenvalue weighted by atomic mass is 35.5. The number of hydrogen-bond donors (Lipinski definition) is 2. The van der Waals surface area contributed by atoms with Crippen molar-refractivity contribution in [3.05, 3.63) is 47.1 Å². The number of amides is 1. The van der Waals surface area contributed by atoms with Crippen molar-refractivity contribution in [2.24, 2.45) is 0 Å². The van der Waals surface area contributed by atoms with E-state index < -0.39 is 0 Å². The number of halogens is 1. The number of fused-ring (bicyclic) bond motifs is 1. The summed E-state index contributed by atoms with van der Waals surface area (Å²) in [6.07, 6.45) is 3.63. The van der Waals surface area contributed by atoms with Crippen LogP contribution in [0.4, 0.5) is 0 Å². The van der Waals surface area contributed by atoms with Gasteiger partial charge in [-0.25, -0.2) is 4.98 Å². The van der Waals surface area contributed by atoms with E-state index in [-0.39, 0.29) is 18.6 Å². The van der Waals surface area contributed by atoms with Crippen molar-refractivity contribution < 1.29 is 9.90 Å². The van der Waals surface area contributed by atoms with E-state index in [0.29, 0.717) is 17.1 Å². The Balaban J connectivity index is 2.08. The standard InChI is InChI=1S/C16H17ClN2O2/c1-11(8-9-20)18-16(21)7-6-14-5-3-12-2-4-13(17)10-15(12)19-14/h2-7,10-11,20H,8-9H2,1H3,(H,18,21)/b7-6+. The van der Waals surface area contributed by atoms with Crippen molar-refractivity contribution in [3.8, 4) is 0 Å². The Morgan fingerprint density at radius 2 is 2.19 bits per heavy atom. The summed E-state index contributed by atoms with van der Waals surface area (Å²) in [6.45, 7) is 1.90. The lowest BCUT2D eigenvalue weighted by molar-refractivity contribution is -0.117. The van der Waals surface area contributed by atoms with Crippen LogP contribution in [0.15, 0.2) is 36.4 Å². The Morgan fingerprint density at radius 1 is 1.43 bits per heavy atom. The van der Waals surface area contributed by atoms with E-state index in [9.17, 15) is 4.79 Å². The topological polar surface area (TPSA) is 62.2 Å². The molecule has 110 valence electrons. The maximum Gasteiger partial charge on any atom is 0.244 e. The molecule has 21 heavy (non-hydrogen) atoms. The normalized spacial score (nSPS) is 12.7. The Kier molecular flexibility index (Phi) is 5.31. The van der Waals surface area contributed by atoms with E-state index in [1.165, 1.54) is 6.08 Å². The lowest BCUT2D eigenvalue weighted by Crippen LogP contribution is -2.31. The van der Waals surface area contributed by atoms with Crippen LogP contribution in [0.25, 0.3) is 17.0 Å². The SMILES string of the molecule is CC(CCO)NC(=O)/C=C/c1ccc2ccc(Cl)cc2n1. The van der Waals surface area contributed by atoms with Crippen LogP contribution in [0.5, 0.6) is 0 Å². The summed E-state index contributed by atoms with van der Waals surface area (Å²) in [7, 11) is 0. The molecule has 1 amide bonds. The van der Waals surface area contributed by atoms with Gasteiger partial charge >= 0.3 is 0 Å². The van der Waals surface area contributed by atoms with Crippen molar-refractivity contribution in [2.75, 3.05) is 6.61 Å². The molecule has 1 heterocycles. The number of aliphatic hydroxyl groups excluding tert-OH is 1. The van der Waals surface area contributed by atoms with Crippen molar-refractivity contribution >= 4 is 34.5 Å². The fraction of sp³-hybridized carbons (Fsp3) is 0.250. The number of nitrogens with one attached hydrogen (secondary N) is 1. The first kappa shape index (κ1) is 15.5. The fourth-order valence-electron chi connectivity index (χ4n) is 1.92. The van der Waals surface area contributed by atoms with Crippen LogP contribution in [0.2, 0.25) is 5.02 Å². The summed E-state index contributed by atoms with van der Waals surface area (Å²) in [5, 5.41) is 13.2. The largest absolute Gasteiger partial charge is 0.396 e. The molecular formula is C16H17ClN2O2. The molecule has 1 atom stereocenters. The number of hydrogen-bond acceptors (Lipinski definition) is 3. The average molecular weight is 305 g/mol. The first-order valence-electron chi connectivity index (χ1n) is 6.74. The zero-order valence-corrected chi connectivity index (χ0v) is 12.5. The molecule has 0 aliphatic carbocycles. The predicted octanol–water partition coefficient (Wildman–Crippen LogP) is 2.79. The number of carbonyl (C=O) groups excluding carboxylic acids is 1. The minimum atomic E-state index is -0.205. The highest BCUT2D eigenvalue weighted by Gasteiger charge is 2.03. The fourth-order valence-corrected chi connectivity index (χ4v) is 2.08. The number of carbonyl (C=O) groups is 1. The Hall–Kier alpha value is -1.91. The molecule has 0 aliphatic heterocycles. The van der Waals surface area contributed by atoms with Crippen molar-refractivity contribution in [3.63, 3.8) is 0 Å². The van der Waals surface area contributed by atoms with Gasteiger partial charge in [0.1, 0.15) is 0 Å². The van der Waals surface area contributed by atoms with Gasteiger partial charge in [0.05, 0.1) is 11.2 Å². The summed E-state index contributed by atoms with van der Waals surface area (Å²) in [6, 6.07) is 9.23. The van der Waals surface area contributed by atoms with Crippen molar-refractivity contribution in [1.29, 1.82) is 0 Å². The predicted molar refractivity (Wildman–Crippen MR) is 85.1 cm³/mol. The van der Waals surface area contributed by atoms with Gasteiger partial charge in [0.15, 0.2) is 0 Å². The molecule has 2 rings (SSSR count). The molecule has 2 N–H and O–H groups in total. The minimum absolute atomic E-state index is 0.0537. The van der Waals surface area contributed by atoms with E-state index >= 15 is 0 Å². The van der Waals surface area contributed by atoms with Gasteiger partial charge in [-0.2, -0.15) is 0 Å².